The van der Waals surface area contributed by atoms with Gasteiger partial charge < -0.3 is 10.5 Å². The molecule has 0 bridgehead atoms. The molecule has 1 atom stereocenters. The van der Waals surface area contributed by atoms with Gasteiger partial charge in [0.25, 0.3) is 0 Å². The Morgan fingerprint density at radius 3 is 2.40 bits per heavy atom. The maximum absolute atomic E-state index is 5.43. The van der Waals surface area contributed by atoms with E-state index in [2.05, 4.69) is 13.8 Å². The quantitative estimate of drug-likeness (QED) is 0.634. The van der Waals surface area contributed by atoms with E-state index in [-0.39, 0.29) is 12.4 Å². The molecule has 0 aromatic carbocycles. The Bertz CT molecular complexity index is 106. The molecule has 0 aromatic heterocycles. The lowest BCUT2D eigenvalue weighted by Gasteiger charge is -2.12. The Labute approximate surface area is 68.5 Å². The van der Waals surface area contributed by atoms with Crippen LogP contribution >= 0.6 is 12.4 Å². The van der Waals surface area contributed by atoms with Gasteiger partial charge in [0.05, 0.1) is 12.7 Å². The molecule has 1 aliphatic rings. The van der Waals surface area contributed by atoms with Gasteiger partial charge in [-0.2, -0.15) is 0 Å². The summed E-state index contributed by atoms with van der Waals surface area (Å²) in [6.07, 6.45) is 1.43. The van der Waals surface area contributed by atoms with Gasteiger partial charge in [0.15, 0.2) is 0 Å². The van der Waals surface area contributed by atoms with Crippen LogP contribution in [0.5, 0.6) is 0 Å². The van der Waals surface area contributed by atoms with Crippen LogP contribution in [-0.2, 0) is 4.74 Å². The molecule has 2 nitrogen and oxygen atoms in total. The molecular weight excluding hydrogens is 150 g/mol. The molecule has 0 aromatic rings. The number of nitrogens with two attached hydrogens (primary N) is 1. The van der Waals surface area contributed by atoms with Crippen molar-refractivity contribution in [2.24, 2.45) is 11.1 Å². The summed E-state index contributed by atoms with van der Waals surface area (Å²) in [5.74, 6) is 0. The van der Waals surface area contributed by atoms with E-state index in [1.165, 1.54) is 0 Å². The summed E-state index contributed by atoms with van der Waals surface area (Å²) >= 11 is 0. The van der Waals surface area contributed by atoms with E-state index in [4.69, 9.17) is 10.5 Å². The second-order valence-electron chi connectivity index (χ2n) is 3.54. The van der Waals surface area contributed by atoms with E-state index in [1.54, 1.807) is 0 Å². The van der Waals surface area contributed by atoms with Crippen LogP contribution in [0.3, 0.4) is 0 Å². The van der Waals surface area contributed by atoms with Crippen LogP contribution in [0.1, 0.15) is 20.3 Å². The first-order valence-corrected chi connectivity index (χ1v) is 3.46. The van der Waals surface area contributed by atoms with Crippen LogP contribution in [-0.4, -0.2) is 19.3 Å². The number of halogens is 1. The fourth-order valence-corrected chi connectivity index (χ4v) is 1.23. The summed E-state index contributed by atoms with van der Waals surface area (Å²) in [6, 6.07) is 0. The van der Waals surface area contributed by atoms with Crippen molar-refractivity contribution in [1.82, 2.24) is 0 Å². The molecule has 1 saturated heterocycles. The fourth-order valence-electron chi connectivity index (χ4n) is 1.23. The first-order chi connectivity index (χ1) is 4.14. The minimum atomic E-state index is 0. The van der Waals surface area contributed by atoms with Crippen LogP contribution in [0, 0.1) is 5.41 Å². The largest absolute Gasteiger partial charge is 0.376 e. The van der Waals surface area contributed by atoms with E-state index in [0.29, 0.717) is 18.1 Å². The Balaban J connectivity index is 0.000000810. The highest BCUT2D eigenvalue weighted by Crippen LogP contribution is 2.30. The number of hydrogen-bond donors (Lipinski definition) is 1. The fraction of sp³-hybridized carbons (Fsp3) is 1.00. The van der Waals surface area contributed by atoms with Crippen LogP contribution in [0.15, 0.2) is 0 Å². The molecule has 1 aliphatic heterocycles. The van der Waals surface area contributed by atoms with Crippen molar-refractivity contribution >= 4 is 12.4 Å². The molecule has 0 aliphatic carbocycles. The van der Waals surface area contributed by atoms with Gasteiger partial charge in [-0.05, 0) is 11.8 Å². The number of ether oxygens (including phenoxy) is 1. The van der Waals surface area contributed by atoms with E-state index < -0.39 is 0 Å². The predicted molar refractivity (Wildman–Crippen MR) is 44.4 cm³/mol. The number of hydrogen-bond acceptors (Lipinski definition) is 2. The van der Waals surface area contributed by atoms with E-state index in [1.807, 2.05) is 0 Å². The van der Waals surface area contributed by atoms with E-state index in [0.717, 1.165) is 13.0 Å². The summed E-state index contributed by atoms with van der Waals surface area (Å²) in [7, 11) is 0. The second kappa shape index (κ2) is 3.56. The van der Waals surface area contributed by atoms with Gasteiger partial charge in [0, 0.05) is 6.54 Å². The van der Waals surface area contributed by atoms with Crippen LogP contribution in [0.4, 0.5) is 0 Å². The smallest absolute Gasteiger partial charge is 0.0703 e. The van der Waals surface area contributed by atoms with Crippen molar-refractivity contribution in [3.8, 4) is 0 Å². The molecule has 1 rings (SSSR count). The molecule has 62 valence electrons. The summed E-state index contributed by atoms with van der Waals surface area (Å²) in [5.41, 5.74) is 5.80. The minimum absolute atomic E-state index is 0. The Morgan fingerprint density at radius 2 is 2.20 bits per heavy atom. The average Bonchev–Trinajstić information content (AvgIpc) is 2.10. The third-order valence-electron chi connectivity index (χ3n) is 1.75. The molecular formula is C7H16ClNO. The molecule has 0 spiro atoms. The van der Waals surface area contributed by atoms with Crippen LogP contribution in [0.25, 0.3) is 0 Å². The predicted octanol–water partition coefficient (Wildman–Crippen LogP) is 1.18. The summed E-state index contributed by atoms with van der Waals surface area (Å²) in [4.78, 5) is 0. The third kappa shape index (κ3) is 2.45. The Morgan fingerprint density at radius 1 is 1.60 bits per heavy atom. The van der Waals surface area contributed by atoms with Gasteiger partial charge in [0.1, 0.15) is 0 Å². The first-order valence-electron chi connectivity index (χ1n) is 3.46. The van der Waals surface area contributed by atoms with Gasteiger partial charge >= 0.3 is 0 Å². The van der Waals surface area contributed by atoms with Crippen molar-refractivity contribution in [2.45, 2.75) is 26.4 Å². The second-order valence-corrected chi connectivity index (χ2v) is 3.54. The highest BCUT2D eigenvalue weighted by Gasteiger charge is 2.30. The number of rotatable bonds is 1. The zero-order valence-corrected chi connectivity index (χ0v) is 7.41. The Kier molecular flexibility index (Phi) is 3.63. The normalized spacial score (nSPS) is 29.7. The van der Waals surface area contributed by atoms with Crippen molar-refractivity contribution in [1.29, 1.82) is 0 Å². The van der Waals surface area contributed by atoms with Gasteiger partial charge in [-0.25, -0.2) is 0 Å². The van der Waals surface area contributed by atoms with E-state index >= 15 is 0 Å². The maximum atomic E-state index is 5.43. The van der Waals surface area contributed by atoms with Crippen molar-refractivity contribution in [2.75, 3.05) is 13.2 Å². The lowest BCUT2D eigenvalue weighted by atomic mass is 9.91. The summed E-state index contributed by atoms with van der Waals surface area (Å²) < 4.78 is 5.39. The molecule has 1 heterocycles. The lowest BCUT2D eigenvalue weighted by Crippen LogP contribution is -2.19. The molecule has 0 saturated carbocycles. The zero-order chi connectivity index (χ0) is 6.91. The molecule has 3 heteroatoms. The summed E-state index contributed by atoms with van der Waals surface area (Å²) in [6.45, 7) is 5.96. The third-order valence-corrected chi connectivity index (χ3v) is 1.75. The van der Waals surface area contributed by atoms with Gasteiger partial charge in [-0.1, -0.05) is 13.8 Å². The standard InChI is InChI=1S/C7H15NO.ClH/c1-7(2)3-6(4-8)9-5-7;/h6H,3-5,8H2,1-2H3;1H. The highest BCUT2D eigenvalue weighted by molar-refractivity contribution is 5.85. The maximum Gasteiger partial charge on any atom is 0.0703 e. The van der Waals surface area contributed by atoms with Gasteiger partial charge in [-0.3, -0.25) is 0 Å². The molecule has 10 heavy (non-hydrogen) atoms. The zero-order valence-electron chi connectivity index (χ0n) is 6.59. The topological polar surface area (TPSA) is 35.2 Å². The first kappa shape index (κ1) is 10.2. The SMILES string of the molecule is CC1(C)COC(CN)C1.Cl. The van der Waals surface area contributed by atoms with E-state index in [9.17, 15) is 0 Å². The van der Waals surface area contributed by atoms with Crippen LogP contribution < -0.4 is 5.73 Å². The Hall–Kier alpha value is 0.210. The molecule has 2 N–H and O–H groups in total. The van der Waals surface area contributed by atoms with Crippen molar-refractivity contribution in [3.63, 3.8) is 0 Å². The monoisotopic (exact) mass is 165 g/mol. The van der Waals surface area contributed by atoms with Crippen LogP contribution in [0.2, 0.25) is 0 Å². The summed E-state index contributed by atoms with van der Waals surface area (Å²) in [5, 5.41) is 0. The van der Waals surface area contributed by atoms with Crippen molar-refractivity contribution < 1.29 is 4.74 Å². The van der Waals surface area contributed by atoms with Gasteiger partial charge in [0.2, 0.25) is 0 Å². The average molecular weight is 166 g/mol. The lowest BCUT2D eigenvalue weighted by molar-refractivity contribution is 0.105. The minimum Gasteiger partial charge on any atom is -0.376 e. The molecule has 0 amide bonds. The molecule has 1 unspecified atom stereocenters. The highest BCUT2D eigenvalue weighted by atomic mass is 35.5. The van der Waals surface area contributed by atoms with Gasteiger partial charge in [-0.15, -0.1) is 12.4 Å². The molecule has 1 fully saturated rings. The van der Waals surface area contributed by atoms with Crippen molar-refractivity contribution in [3.05, 3.63) is 0 Å². The molecule has 0 radical (unpaired) electrons.